The Balaban J connectivity index is 1.71. The molecule has 0 aliphatic carbocycles. The number of unbranched alkanes of at least 4 members (excludes halogenated alkanes) is 1. The van der Waals surface area contributed by atoms with Gasteiger partial charge in [-0.3, -0.25) is 4.79 Å². The quantitative estimate of drug-likeness (QED) is 0.268. The lowest BCUT2D eigenvalue weighted by molar-refractivity contribution is 0.0823. The van der Waals surface area contributed by atoms with E-state index in [9.17, 15) is 4.79 Å². The number of rotatable bonds is 7. The van der Waals surface area contributed by atoms with Crippen molar-refractivity contribution in [1.29, 1.82) is 0 Å². The summed E-state index contributed by atoms with van der Waals surface area (Å²) in [5.74, 6) is 1.64. The van der Waals surface area contributed by atoms with Crippen LogP contribution in [0.4, 0.5) is 5.69 Å². The Labute approximate surface area is 193 Å². The minimum absolute atomic E-state index is 0.219. The molecule has 3 aromatic rings. The van der Waals surface area contributed by atoms with Crippen molar-refractivity contribution >= 4 is 39.2 Å². The number of benzene rings is 2. The normalized spacial score (nSPS) is 14.5. The molecule has 0 saturated heterocycles. The number of carbonyl (C=O) groups is 1. The molecule has 1 atom stereocenters. The Hall–Kier alpha value is -2.65. The summed E-state index contributed by atoms with van der Waals surface area (Å²) in [5, 5.41) is 12.4. The number of nitrogens with one attached hydrogen (secondary N) is 1. The number of hydrogen-bond donors (Lipinski definition) is 1. The highest BCUT2D eigenvalue weighted by Crippen LogP contribution is 2.38. The van der Waals surface area contributed by atoms with Crippen molar-refractivity contribution in [2.75, 3.05) is 18.2 Å². The van der Waals surface area contributed by atoms with E-state index in [0.29, 0.717) is 22.2 Å². The zero-order valence-corrected chi connectivity index (χ0v) is 19.5. The van der Waals surface area contributed by atoms with Crippen LogP contribution in [0.2, 0.25) is 0 Å². The number of hydrogen-bond acceptors (Lipinski definition) is 8. The van der Waals surface area contributed by atoms with Gasteiger partial charge in [-0.25, -0.2) is 0 Å². The van der Waals surface area contributed by atoms with Gasteiger partial charge in [0.15, 0.2) is 5.69 Å². The molecule has 1 aliphatic rings. The molecular weight excluding hydrogens is 480 g/mol. The van der Waals surface area contributed by atoms with E-state index in [2.05, 4.69) is 43.4 Å². The van der Waals surface area contributed by atoms with E-state index >= 15 is 0 Å². The van der Waals surface area contributed by atoms with E-state index in [4.69, 9.17) is 9.47 Å². The monoisotopic (exact) mass is 500 g/mol. The number of Topliss-reactive ketones (excluding diaryl/α,β-unsaturated/α-hetero) is 1. The highest BCUT2D eigenvalue weighted by Gasteiger charge is 2.30. The van der Waals surface area contributed by atoms with E-state index in [-0.39, 0.29) is 11.7 Å². The molecule has 1 unspecified atom stereocenters. The maximum Gasteiger partial charge on any atom is 0.247 e. The highest BCUT2D eigenvalue weighted by atomic mass is 79.9. The van der Waals surface area contributed by atoms with Gasteiger partial charge in [-0.1, -0.05) is 41.0 Å². The second-order valence-corrected chi connectivity index (χ2v) is 8.85. The third kappa shape index (κ3) is 4.83. The first-order valence-electron chi connectivity index (χ1n) is 9.88. The summed E-state index contributed by atoms with van der Waals surface area (Å²) in [7, 11) is 1.58. The van der Waals surface area contributed by atoms with Gasteiger partial charge >= 0.3 is 0 Å². The maximum absolute atomic E-state index is 13.2. The first kappa shape index (κ1) is 21.6. The SMILES string of the molecule is CCCCSc1nnc2c(n1)OC(C(=O)c1ccc(OC)cc1)Nc1ccc(Br)cc1-2. The Kier molecular flexibility index (Phi) is 6.72. The molecule has 0 spiro atoms. The number of halogens is 1. The Morgan fingerprint density at radius 2 is 2.03 bits per heavy atom. The number of nitrogens with zero attached hydrogens (tertiary/aromatic N) is 3. The number of ketones is 1. The van der Waals surface area contributed by atoms with E-state index in [0.717, 1.165) is 34.3 Å². The van der Waals surface area contributed by atoms with Crippen molar-refractivity contribution in [3.63, 3.8) is 0 Å². The molecule has 1 aromatic heterocycles. The molecule has 9 heteroatoms. The second kappa shape index (κ2) is 9.65. The molecule has 1 aliphatic heterocycles. The van der Waals surface area contributed by atoms with Crippen molar-refractivity contribution < 1.29 is 14.3 Å². The third-order valence-electron chi connectivity index (χ3n) is 4.73. The molecule has 0 radical (unpaired) electrons. The summed E-state index contributed by atoms with van der Waals surface area (Å²) in [5.41, 5.74) is 2.48. The first-order valence-corrected chi connectivity index (χ1v) is 11.7. The van der Waals surface area contributed by atoms with Gasteiger partial charge in [0.2, 0.25) is 23.0 Å². The van der Waals surface area contributed by atoms with Crippen LogP contribution >= 0.6 is 27.7 Å². The second-order valence-electron chi connectivity index (χ2n) is 6.88. The van der Waals surface area contributed by atoms with E-state index in [1.807, 2.05) is 18.2 Å². The van der Waals surface area contributed by atoms with Crippen LogP contribution in [0.1, 0.15) is 30.1 Å². The lowest BCUT2D eigenvalue weighted by Gasteiger charge is -2.18. The summed E-state index contributed by atoms with van der Waals surface area (Å²) in [4.78, 5) is 17.8. The predicted molar refractivity (Wildman–Crippen MR) is 124 cm³/mol. The molecule has 31 heavy (non-hydrogen) atoms. The number of carbonyl (C=O) groups excluding carboxylic acids is 1. The topological polar surface area (TPSA) is 86.2 Å². The van der Waals surface area contributed by atoms with Gasteiger partial charge in [0.25, 0.3) is 0 Å². The molecule has 7 nitrogen and oxygen atoms in total. The Morgan fingerprint density at radius 3 is 2.77 bits per heavy atom. The van der Waals surface area contributed by atoms with Gasteiger partial charge in [-0.15, -0.1) is 10.2 Å². The van der Waals surface area contributed by atoms with Gasteiger partial charge < -0.3 is 14.8 Å². The average Bonchev–Trinajstić information content (AvgIpc) is 2.95. The van der Waals surface area contributed by atoms with Crippen LogP contribution in [-0.2, 0) is 0 Å². The van der Waals surface area contributed by atoms with Crippen LogP contribution in [0, 0.1) is 0 Å². The number of ether oxygens (including phenoxy) is 2. The van der Waals surface area contributed by atoms with E-state index < -0.39 is 6.23 Å². The van der Waals surface area contributed by atoms with Crippen LogP contribution in [-0.4, -0.2) is 40.1 Å². The molecule has 4 rings (SSSR count). The number of methoxy groups -OCH3 is 1. The van der Waals surface area contributed by atoms with Gasteiger partial charge in [0, 0.05) is 27.0 Å². The molecule has 0 fully saturated rings. The standard InChI is InChI=1S/C22H21BrN4O3S/c1-3-4-11-31-22-25-20-18(26-27-22)16-12-14(23)7-10-17(16)24-21(30-20)19(28)13-5-8-15(29-2)9-6-13/h5-10,12,21,24H,3-4,11H2,1-2H3. The minimum Gasteiger partial charge on any atom is -0.497 e. The zero-order valence-electron chi connectivity index (χ0n) is 17.1. The van der Waals surface area contributed by atoms with Crippen molar-refractivity contribution in [1.82, 2.24) is 15.2 Å². The summed E-state index contributed by atoms with van der Waals surface area (Å²) in [6.45, 7) is 2.13. The van der Waals surface area contributed by atoms with Crippen LogP contribution in [0.25, 0.3) is 11.3 Å². The smallest absolute Gasteiger partial charge is 0.247 e. The fourth-order valence-corrected chi connectivity index (χ4v) is 4.29. The number of aromatic nitrogens is 3. The molecule has 1 N–H and O–H groups in total. The lowest BCUT2D eigenvalue weighted by Crippen LogP contribution is -2.35. The average molecular weight is 501 g/mol. The summed E-state index contributed by atoms with van der Waals surface area (Å²) >= 11 is 5.02. The van der Waals surface area contributed by atoms with Crippen molar-refractivity contribution in [3.8, 4) is 22.9 Å². The van der Waals surface area contributed by atoms with Gasteiger partial charge in [-0.05, 0) is 48.9 Å². The first-order chi connectivity index (χ1) is 15.1. The van der Waals surface area contributed by atoms with Crippen LogP contribution < -0.4 is 14.8 Å². The zero-order chi connectivity index (χ0) is 21.8. The van der Waals surface area contributed by atoms with Crippen molar-refractivity contribution in [2.45, 2.75) is 31.1 Å². The number of fused-ring (bicyclic) bond motifs is 3. The Morgan fingerprint density at radius 1 is 1.23 bits per heavy atom. The van der Waals surface area contributed by atoms with Crippen LogP contribution in [0.3, 0.4) is 0 Å². The van der Waals surface area contributed by atoms with E-state index in [1.54, 1.807) is 31.4 Å². The third-order valence-corrected chi connectivity index (χ3v) is 6.15. The maximum atomic E-state index is 13.2. The molecular formula is C22H21BrN4O3S. The fraction of sp³-hybridized carbons (Fsp3) is 0.273. The fourth-order valence-electron chi connectivity index (χ4n) is 3.06. The van der Waals surface area contributed by atoms with Crippen LogP contribution in [0.15, 0.2) is 52.1 Å². The van der Waals surface area contributed by atoms with Gasteiger partial charge in [-0.2, -0.15) is 4.98 Å². The number of anilines is 1. The molecule has 0 amide bonds. The molecule has 2 aromatic carbocycles. The Bertz CT molecular complexity index is 1090. The minimum atomic E-state index is -0.959. The van der Waals surface area contributed by atoms with Crippen molar-refractivity contribution in [2.24, 2.45) is 0 Å². The highest BCUT2D eigenvalue weighted by molar-refractivity contribution is 9.10. The van der Waals surface area contributed by atoms with Crippen LogP contribution in [0.5, 0.6) is 11.6 Å². The summed E-state index contributed by atoms with van der Waals surface area (Å²) in [6, 6.07) is 12.6. The number of thioether (sulfide) groups is 1. The molecule has 0 saturated carbocycles. The van der Waals surface area contributed by atoms with Gasteiger partial charge in [0.05, 0.1) is 7.11 Å². The molecule has 160 valence electrons. The summed E-state index contributed by atoms with van der Waals surface area (Å²) < 4.78 is 12.1. The molecule has 2 heterocycles. The van der Waals surface area contributed by atoms with E-state index in [1.165, 1.54) is 11.8 Å². The molecule has 0 bridgehead atoms. The largest absolute Gasteiger partial charge is 0.497 e. The summed E-state index contributed by atoms with van der Waals surface area (Å²) in [6.07, 6.45) is 1.19. The predicted octanol–water partition coefficient (Wildman–Crippen LogP) is 5.22. The van der Waals surface area contributed by atoms with Gasteiger partial charge in [0.1, 0.15) is 5.75 Å². The lowest BCUT2D eigenvalue weighted by atomic mass is 10.1. The van der Waals surface area contributed by atoms with Crippen molar-refractivity contribution in [3.05, 3.63) is 52.5 Å².